The Bertz CT molecular complexity index is 2210. The van der Waals surface area contributed by atoms with E-state index in [9.17, 15) is 43.6 Å². The number of amides is 7. The number of unbranched alkanes of at least 4 members (excludes halogenated alkanes) is 2. The number of hydrogen-bond donors (Lipinski definition) is 6. The van der Waals surface area contributed by atoms with Gasteiger partial charge in [0.25, 0.3) is 11.8 Å². The molecular formula is C51H77N9O14. The molecule has 3 atom stereocenters. The van der Waals surface area contributed by atoms with E-state index in [0.717, 1.165) is 6.42 Å². The van der Waals surface area contributed by atoms with Crippen molar-refractivity contribution >= 4 is 58.4 Å². The van der Waals surface area contributed by atoms with Crippen molar-refractivity contribution in [2.45, 2.75) is 136 Å². The molecule has 1 aromatic carbocycles. The van der Waals surface area contributed by atoms with Gasteiger partial charge in [-0.2, -0.15) is 5.26 Å². The zero-order valence-electron chi connectivity index (χ0n) is 44.0. The Morgan fingerprint density at radius 2 is 1.39 bits per heavy atom. The molecule has 1 aliphatic rings. The van der Waals surface area contributed by atoms with Gasteiger partial charge in [0.2, 0.25) is 23.6 Å². The highest BCUT2D eigenvalue weighted by Gasteiger charge is 2.31. The van der Waals surface area contributed by atoms with Crippen molar-refractivity contribution in [1.82, 2.24) is 41.8 Å². The van der Waals surface area contributed by atoms with Crippen molar-refractivity contribution < 1.29 is 66.8 Å². The molecule has 0 radical (unpaired) electrons. The van der Waals surface area contributed by atoms with Gasteiger partial charge in [0.15, 0.2) is 6.61 Å². The van der Waals surface area contributed by atoms with Crippen LogP contribution in [0.5, 0.6) is 5.75 Å². The number of benzene rings is 1. The molecular weight excluding hydrogens is 963 g/mol. The van der Waals surface area contributed by atoms with Crippen molar-refractivity contribution in [3.8, 4) is 11.8 Å². The van der Waals surface area contributed by atoms with Crippen LogP contribution in [0.4, 0.5) is 4.79 Å². The summed E-state index contributed by atoms with van der Waals surface area (Å²) in [7, 11) is 0. The van der Waals surface area contributed by atoms with Gasteiger partial charge in [-0.25, -0.2) is 9.59 Å². The Hall–Kier alpha value is -6.64. The van der Waals surface area contributed by atoms with Gasteiger partial charge in [-0.05, 0) is 111 Å². The van der Waals surface area contributed by atoms with E-state index in [1.165, 1.54) is 18.0 Å². The molecule has 2 heterocycles. The van der Waals surface area contributed by atoms with Gasteiger partial charge in [0.1, 0.15) is 35.1 Å². The lowest BCUT2D eigenvalue weighted by Gasteiger charge is -2.26. The Kier molecular flexibility index (Phi) is 27.1. The predicted molar refractivity (Wildman–Crippen MR) is 270 cm³/mol. The summed E-state index contributed by atoms with van der Waals surface area (Å²) in [5.41, 5.74) is -0.701. The van der Waals surface area contributed by atoms with Crippen LogP contribution in [0.25, 0.3) is 10.9 Å². The van der Waals surface area contributed by atoms with Crippen LogP contribution in [0, 0.1) is 11.3 Å². The van der Waals surface area contributed by atoms with E-state index < -0.39 is 59.1 Å². The standard InChI is InChI=1S/C51H77N9O14/c1-35(61)53-20-10-9-15-41(48(67)73-50(2,3)4)59-47(66)40(14-8-11-21-56-49(68)74-51(5,6)7)58-43(62)19-25-69-27-29-71-30-28-70-26-23-55-44(63)34-72-37-16-17-38-39(18-22-54-42(38)31-37)46(65)57-33-45(64)60-24-12-13-36(60)32-52/h16-18,22,31,36,40-41H,8-15,19-21,23-30,33-34H2,1-7H3,(H,53,61)(H,55,63)(H,56,68)(H,57,65)(H,58,62)(H,59,66)/t36-,40-,41-/m0/s1. The maximum absolute atomic E-state index is 13.7. The first-order valence-corrected chi connectivity index (χ1v) is 25.2. The molecule has 0 spiro atoms. The molecule has 74 heavy (non-hydrogen) atoms. The average molecular weight is 1040 g/mol. The van der Waals surface area contributed by atoms with Crippen molar-refractivity contribution in [2.75, 3.05) is 79.0 Å². The summed E-state index contributed by atoms with van der Waals surface area (Å²) >= 11 is 0. The van der Waals surface area contributed by atoms with Crippen molar-refractivity contribution in [3.05, 3.63) is 36.0 Å². The fourth-order valence-corrected chi connectivity index (χ4v) is 7.28. The molecule has 7 amide bonds. The number of carbonyl (C=O) groups excluding carboxylic acids is 8. The van der Waals surface area contributed by atoms with Crippen LogP contribution < -0.4 is 36.6 Å². The number of alkyl carbamates (subject to hydrolysis) is 1. The van der Waals surface area contributed by atoms with Crippen LogP contribution in [0.2, 0.25) is 0 Å². The van der Waals surface area contributed by atoms with Gasteiger partial charge < -0.3 is 65.2 Å². The van der Waals surface area contributed by atoms with E-state index in [1.807, 2.05) is 0 Å². The quantitative estimate of drug-likeness (QED) is 0.0453. The number of carbonyl (C=O) groups is 8. The number of likely N-dealkylation sites (tertiary alicyclic amines) is 1. The molecule has 0 bridgehead atoms. The molecule has 1 saturated heterocycles. The summed E-state index contributed by atoms with van der Waals surface area (Å²) < 4.78 is 33.1. The van der Waals surface area contributed by atoms with Crippen LogP contribution in [0.3, 0.4) is 0 Å². The summed E-state index contributed by atoms with van der Waals surface area (Å²) in [6, 6.07) is 6.05. The van der Waals surface area contributed by atoms with E-state index in [1.54, 1.807) is 65.8 Å². The number of esters is 1. The minimum atomic E-state index is -1.00. The molecule has 2 aromatic rings. The summed E-state index contributed by atoms with van der Waals surface area (Å²) in [5.74, 6) is -2.59. The molecule has 1 aromatic heterocycles. The van der Waals surface area contributed by atoms with Crippen LogP contribution in [-0.2, 0) is 52.5 Å². The zero-order chi connectivity index (χ0) is 54.5. The molecule has 0 saturated carbocycles. The van der Waals surface area contributed by atoms with E-state index in [0.29, 0.717) is 67.4 Å². The lowest BCUT2D eigenvalue weighted by atomic mass is 10.1. The van der Waals surface area contributed by atoms with Crippen LogP contribution in [-0.4, -0.2) is 166 Å². The average Bonchev–Trinajstić information content (AvgIpc) is 3.82. The molecule has 23 nitrogen and oxygen atoms in total. The predicted octanol–water partition coefficient (Wildman–Crippen LogP) is 2.73. The maximum atomic E-state index is 13.7. The van der Waals surface area contributed by atoms with Gasteiger partial charge >= 0.3 is 12.1 Å². The van der Waals surface area contributed by atoms with Crippen LogP contribution >= 0.6 is 0 Å². The minimum Gasteiger partial charge on any atom is -0.484 e. The number of nitrogens with zero attached hydrogens (tertiary/aromatic N) is 3. The van der Waals surface area contributed by atoms with Gasteiger partial charge in [-0.3, -0.25) is 33.8 Å². The molecule has 410 valence electrons. The third-order valence-corrected chi connectivity index (χ3v) is 10.8. The summed E-state index contributed by atoms with van der Waals surface area (Å²) in [4.78, 5) is 107. The van der Waals surface area contributed by atoms with Crippen molar-refractivity contribution in [2.24, 2.45) is 0 Å². The second-order valence-corrected chi connectivity index (χ2v) is 19.4. The Balaban J connectivity index is 1.33. The fourth-order valence-electron chi connectivity index (χ4n) is 7.28. The largest absolute Gasteiger partial charge is 0.484 e. The SMILES string of the molecule is CC(=O)NCCCC[C@H](NC(=O)[C@H](CCCCNC(=O)OC(C)(C)C)NC(=O)CCOCCOCCOCCNC(=O)COc1ccc2c(C(=O)NCC(=O)N3CCC[C@H]3C#N)ccnc2c1)C(=O)OC(C)(C)C. The molecule has 1 aliphatic heterocycles. The third-order valence-electron chi connectivity index (χ3n) is 10.8. The minimum absolute atomic E-state index is 0.0469. The first-order valence-electron chi connectivity index (χ1n) is 25.2. The third kappa shape index (κ3) is 25.3. The molecule has 0 unspecified atom stereocenters. The number of rotatable bonds is 32. The number of aromatic nitrogens is 1. The Morgan fingerprint density at radius 1 is 0.743 bits per heavy atom. The monoisotopic (exact) mass is 1040 g/mol. The van der Waals surface area contributed by atoms with E-state index in [-0.39, 0.29) is 103 Å². The number of ether oxygens (including phenoxy) is 6. The first kappa shape index (κ1) is 61.7. The smallest absolute Gasteiger partial charge is 0.407 e. The van der Waals surface area contributed by atoms with Crippen LogP contribution in [0.15, 0.2) is 30.5 Å². The highest BCUT2D eigenvalue weighted by molar-refractivity contribution is 6.07. The summed E-state index contributed by atoms with van der Waals surface area (Å²) in [5, 5.41) is 26.0. The van der Waals surface area contributed by atoms with E-state index >= 15 is 0 Å². The molecule has 0 aliphatic carbocycles. The van der Waals surface area contributed by atoms with Gasteiger partial charge in [-0.15, -0.1) is 0 Å². The second kappa shape index (κ2) is 32.5. The molecule has 1 fully saturated rings. The summed E-state index contributed by atoms with van der Waals surface area (Å²) in [6.45, 7) is 13.9. The fraction of sp³-hybridized carbons (Fsp3) is 0.647. The summed E-state index contributed by atoms with van der Waals surface area (Å²) in [6.07, 6.45) is 4.67. The zero-order valence-corrected chi connectivity index (χ0v) is 44.0. The van der Waals surface area contributed by atoms with Gasteiger partial charge in [-0.1, -0.05) is 0 Å². The number of fused-ring (bicyclic) bond motifs is 1. The van der Waals surface area contributed by atoms with Crippen molar-refractivity contribution in [1.29, 1.82) is 5.26 Å². The maximum Gasteiger partial charge on any atom is 0.407 e. The Morgan fingerprint density at radius 3 is 2.05 bits per heavy atom. The molecule has 6 N–H and O–H groups in total. The first-order chi connectivity index (χ1) is 35.1. The second-order valence-electron chi connectivity index (χ2n) is 19.4. The lowest BCUT2D eigenvalue weighted by molar-refractivity contribution is -0.159. The van der Waals surface area contributed by atoms with E-state index in [4.69, 9.17) is 28.4 Å². The van der Waals surface area contributed by atoms with Crippen LogP contribution in [0.1, 0.15) is 117 Å². The highest BCUT2D eigenvalue weighted by Crippen LogP contribution is 2.23. The number of pyridine rings is 1. The number of hydrogen-bond acceptors (Lipinski definition) is 16. The number of nitrogens with one attached hydrogen (secondary N) is 6. The molecule has 23 heteroatoms. The molecule has 3 rings (SSSR count). The number of nitriles is 1. The lowest BCUT2D eigenvalue weighted by Crippen LogP contribution is -2.52. The Labute approximate surface area is 433 Å². The topological polar surface area (TPSA) is 304 Å². The van der Waals surface area contributed by atoms with Gasteiger partial charge in [0, 0.05) is 57.2 Å². The van der Waals surface area contributed by atoms with E-state index in [2.05, 4.69) is 43.0 Å². The van der Waals surface area contributed by atoms with Gasteiger partial charge in [0.05, 0.1) is 63.3 Å². The highest BCUT2D eigenvalue weighted by atomic mass is 16.6. The normalized spacial score (nSPS) is 14.2. The van der Waals surface area contributed by atoms with Crippen molar-refractivity contribution in [3.63, 3.8) is 0 Å².